The van der Waals surface area contributed by atoms with E-state index in [0.29, 0.717) is 6.61 Å². The molecule has 0 amide bonds. The lowest BCUT2D eigenvalue weighted by Crippen LogP contribution is -2.12. The summed E-state index contributed by atoms with van der Waals surface area (Å²) in [6.45, 7) is 2.50. The van der Waals surface area contributed by atoms with Gasteiger partial charge in [0.05, 0.1) is 6.04 Å². The fourth-order valence-electron chi connectivity index (χ4n) is 1.85. The number of furan rings is 1. The van der Waals surface area contributed by atoms with Gasteiger partial charge in [0.1, 0.15) is 18.1 Å². The van der Waals surface area contributed by atoms with Gasteiger partial charge in [-0.1, -0.05) is 34.1 Å². The summed E-state index contributed by atoms with van der Waals surface area (Å²) < 4.78 is 11.7. The van der Waals surface area contributed by atoms with Gasteiger partial charge in [0.25, 0.3) is 0 Å². The van der Waals surface area contributed by atoms with Gasteiger partial charge in [-0.2, -0.15) is 0 Å². The second-order valence-electron chi connectivity index (χ2n) is 4.19. The third kappa shape index (κ3) is 2.66. The number of aryl methyl sites for hydroxylation is 1. The molecule has 1 aromatic heterocycles. The van der Waals surface area contributed by atoms with Gasteiger partial charge in [-0.3, -0.25) is 0 Å². The van der Waals surface area contributed by atoms with Crippen molar-refractivity contribution in [3.63, 3.8) is 0 Å². The zero-order valence-electron chi connectivity index (χ0n) is 10.4. The monoisotopic (exact) mass is 309 g/mol. The number of methoxy groups -OCH3 is 1. The first-order chi connectivity index (χ1) is 8.63. The molecule has 0 aliphatic carbocycles. The van der Waals surface area contributed by atoms with Crippen LogP contribution in [0.3, 0.4) is 0 Å². The van der Waals surface area contributed by atoms with Gasteiger partial charge in [-0.15, -0.1) is 0 Å². The summed E-state index contributed by atoms with van der Waals surface area (Å²) >= 11 is 3.57. The van der Waals surface area contributed by atoms with E-state index < -0.39 is 0 Å². The van der Waals surface area contributed by atoms with Crippen molar-refractivity contribution >= 4 is 15.9 Å². The van der Waals surface area contributed by atoms with Crippen molar-refractivity contribution in [1.29, 1.82) is 0 Å². The van der Waals surface area contributed by atoms with Gasteiger partial charge in [-0.05, 0) is 30.2 Å². The predicted octanol–water partition coefficient (Wildman–Crippen LogP) is 3.55. The normalized spacial score (nSPS) is 12.7. The van der Waals surface area contributed by atoms with Crippen LogP contribution in [0.15, 0.2) is 39.2 Å². The number of nitrogens with two attached hydrogens (primary N) is 1. The van der Waals surface area contributed by atoms with Gasteiger partial charge < -0.3 is 14.9 Å². The Hall–Kier alpha value is -1.10. The van der Waals surface area contributed by atoms with E-state index in [-0.39, 0.29) is 6.04 Å². The van der Waals surface area contributed by atoms with Crippen molar-refractivity contribution in [2.45, 2.75) is 19.6 Å². The Labute approximate surface area is 115 Å². The molecule has 1 aromatic carbocycles. The summed E-state index contributed by atoms with van der Waals surface area (Å²) in [5.74, 6) is 1.53. The maximum atomic E-state index is 6.23. The fourth-order valence-corrected chi connectivity index (χ4v) is 2.36. The van der Waals surface area contributed by atoms with Crippen LogP contribution in [0.2, 0.25) is 0 Å². The van der Waals surface area contributed by atoms with Crippen LogP contribution >= 0.6 is 15.9 Å². The number of hydrogen-bond acceptors (Lipinski definition) is 3. The highest BCUT2D eigenvalue weighted by atomic mass is 79.9. The molecule has 2 aromatic rings. The molecular weight excluding hydrogens is 294 g/mol. The lowest BCUT2D eigenvalue weighted by atomic mass is 10.0. The molecule has 1 unspecified atom stereocenters. The minimum atomic E-state index is -0.273. The number of hydrogen-bond donors (Lipinski definition) is 1. The molecule has 2 rings (SSSR count). The molecule has 0 saturated carbocycles. The molecule has 4 heteroatoms. The summed E-state index contributed by atoms with van der Waals surface area (Å²) in [6, 6.07) is 9.55. The van der Waals surface area contributed by atoms with Crippen molar-refractivity contribution in [2.75, 3.05) is 7.11 Å². The van der Waals surface area contributed by atoms with E-state index in [4.69, 9.17) is 14.9 Å². The Morgan fingerprint density at radius 1 is 1.33 bits per heavy atom. The van der Waals surface area contributed by atoms with Crippen LogP contribution in [0, 0.1) is 6.92 Å². The lowest BCUT2D eigenvalue weighted by molar-refractivity contribution is 0.162. The highest BCUT2D eigenvalue weighted by molar-refractivity contribution is 9.10. The molecule has 0 bridgehead atoms. The highest BCUT2D eigenvalue weighted by Crippen LogP contribution is 2.30. The number of benzene rings is 1. The first-order valence-corrected chi connectivity index (χ1v) is 6.51. The standard InChI is InChI=1S/C14H16BrNO2/c1-9-4-3-5-11(13(9)15)14(16)12-7-6-10(18-12)8-17-2/h3-7,14H,8,16H2,1-2H3. The molecular formula is C14H16BrNO2. The van der Waals surface area contributed by atoms with Crippen molar-refractivity contribution in [2.24, 2.45) is 5.73 Å². The Morgan fingerprint density at radius 2 is 2.11 bits per heavy atom. The Bertz CT molecular complexity index is 536. The average molecular weight is 310 g/mol. The predicted molar refractivity (Wildman–Crippen MR) is 74.3 cm³/mol. The van der Waals surface area contributed by atoms with Gasteiger partial charge in [0, 0.05) is 11.6 Å². The van der Waals surface area contributed by atoms with Crippen LogP contribution in [0.4, 0.5) is 0 Å². The van der Waals surface area contributed by atoms with Crippen molar-refractivity contribution in [3.8, 4) is 0 Å². The summed E-state index contributed by atoms with van der Waals surface area (Å²) in [7, 11) is 1.64. The molecule has 2 N–H and O–H groups in total. The quantitative estimate of drug-likeness (QED) is 0.939. The van der Waals surface area contributed by atoms with E-state index in [1.165, 1.54) is 0 Å². The van der Waals surface area contributed by atoms with E-state index in [1.807, 2.05) is 37.3 Å². The molecule has 1 heterocycles. The zero-order valence-corrected chi connectivity index (χ0v) is 12.0. The zero-order chi connectivity index (χ0) is 13.1. The first kappa shape index (κ1) is 13.3. The summed E-state index contributed by atoms with van der Waals surface area (Å²) in [6.07, 6.45) is 0. The third-order valence-corrected chi connectivity index (χ3v) is 3.92. The van der Waals surface area contributed by atoms with Crippen molar-refractivity contribution in [3.05, 3.63) is 57.5 Å². The first-order valence-electron chi connectivity index (χ1n) is 5.71. The van der Waals surface area contributed by atoms with Crippen LogP contribution < -0.4 is 5.73 Å². The summed E-state index contributed by atoms with van der Waals surface area (Å²) in [5, 5.41) is 0. The average Bonchev–Trinajstić information content (AvgIpc) is 2.81. The Kier molecular flexibility index (Phi) is 4.22. The molecule has 3 nitrogen and oxygen atoms in total. The number of rotatable bonds is 4. The number of halogens is 1. The Balaban J connectivity index is 2.29. The molecule has 1 atom stereocenters. The summed E-state index contributed by atoms with van der Waals surface area (Å²) in [4.78, 5) is 0. The van der Waals surface area contributed by atoms with Crippen LogP contribution in [-0.4, -0.2) is 7.11 Å². The van der Waals surface area contributed by atoms with E-state index >= 15 is 0 Å². The van der Waals surface area contributed by atoms with Gasteiger partial charge >= 0.3 is 0 Å². The van der Waals surface area contributed by atoms with Gasteiger partial charge in [-0.25, -0.2) is 0 Å². The van der Waals surface area contributed by atoms with Gasteiger partial charge in [0.2, 0.25) is 0 Å². The molecule has 0 fully saturated rings. The van der Waals surface area contributed by atoms with Crippen LogP contribution in [0.5, 0.6) is 0 Å². The van der Waals surface area contributed by atoms with Crippen molar-refractivity contribution in [1.82, 2.24) is 0 Å². The smallest absolute Gasteiger partial charge is 0.129 e. The maximum absolute atomic E-state index is 6.23. The van der Waals surface area contributed by atoms with E-state index in [0.717, 1.165) is 27.1 Å². The SMILES string of the molecule is COCc1ccc(C(N)c2cccc(C)c2Br)o1. The van der Waals surface area contributed by atoms with Crippen LogP contribution in [0.1, 0.15) is 28.7 Å². The van der Waals surface area contributed by atoms with E-state index in [9.17, 15) is 0 Å². The lowest BCUT2D eigenvalue weighted by Gasteiger charge is -2.13. The molecule has 0 saturated heterocycles. The minimum absolute atomic E-state index is 0.273. The highest BCUT2D eigenvalue weighted by Gasteiger charge is 2.16. The molecule has 0 radical (unpaired) electrons. The minimum Gasteiger partial charge on any atom is -0.462 e. The fraction of sp³-hybridized carbons (Fsp3) is 0.286. The van der Waals surface area contributed by atoms with Crippen molar-refractivity contribution < 1.29 is 9.15 Å². The third-order valence-electron chi connectivity index (χ3n) is 2.83. The van der Waals surface area contributed by atoms with Crippen LogP contribution in [-0.2, 0) is 11.3 Å². The summed E-state index contributed by atoms with van der Waals surface area (Å²) in [5.41, 5.74) is 8.41. The molecule has 0 aliphatic rings. The molecule has 0 spiro atoms. The van der Waals surface area contributed by atoms with E-state index in [2.05, 4.69) is 15.9 Å². The van der Waals surface area contributed by atoms with Gasteiger partial charge in [0.15, 0.2) is 0 Å². The topological polar surface area (TPSA) is 48.4 Å². The van der Waals surface area contributed by atoms with Crippen LogP contribution in [0.25, 0.3) is 0 Å². The number of ether oxygens (including phenoxy) is 1. The second-order valence-corrected chi connectivity index (χ2v) is 4.99. The largest absolute Gasteiger partial charge is 0.462 e. The molecule has 0 aliphatic heterocycles. The molecule has 96 valence electrons. The van der Waals surface area contributed by atoms with E-state index in [1.54, 1.807) is 7.11 Å². The maximum Gasteiger partial charge on any atom is 0.129 e. The Morgan fingerprint density at radius 3 is 2.83 bits per heavy atom. The second kappa shape index (κ2) is 5.69. The molecule has 18 heavy (non-hydrogen) atoms.